The summed E-state index contributed by atoms with van der Waals surface area (Å²) < 4.78 is 0. The van der Waals surface area contributed by atoms with Crippen LogP contribution in [0.25, 0.3) is 0 Å². The molecule has 2 rings (SSSR count). The molecule has 0 radical (unpaired) electrons. The first-order valence-corrected chi connectivity index (χ1v) is 8.34. The second-order valence-electron chi connectivity index (χ2n) is 6.05. The normalized spacial score (nSPS) is 11.8. The van der Waals surface area contributed by atoms with E-state index >= 15 is 0 Å². The molecule has 0 fully saturated rings. The second-order valence-corrected chi connectivity index (χ2v) is 6.05. The van der Waals surface area contributed by atoms with Gasteiger partial charge in [0.05, 0.1) is 17.8 Å². The number of aryl methyl sites for hydroxylation is 2. The Kier molecular flexibility index (Phi) is 6.34. The summed E-state index contributed by atoms with van der Waals surface area (Å²) in [7, 11) is 0. The molecule has 0 heterocycles. The van der Waals surface area contributed by atoms with Crippen molar-refractivity contribution in [2.45, 2.75) is 33.2 Å². The summed E-state index contributed by atoms with van der Waals surface area (Å²) in [6, 6.07) is 12.3. The SMILES string of the molecule is CCC(Nc1cc(C)cc(C#N)c1)C(=O)NN=Cc1cccc(C)c1O. The number of anilines is 1. The average molecular weight is 350 g/mol. The number of rotatable bonds is 6. The van der Waals surface area contributed by atoms with Crippen molar-refractivity contribution in [3.8, 4) is 11.8 Å². The number of hydrogen-bond donors (Lipinski definition) is 3. The molecular weight excluding hydrogens is 328 g/mol. The van der Waals surface area contributed by atoms with Crippen molar-refractivity contribution in [2.24, 2.45) is 5.10 Å². The van der Waals surface area contributed by atoms with Crippen LogP contribution in [0.4, 0.5) is 5.69 Å². The molecule has 0 bridgehead atoms. The highest BCUT2D eigenvalue weighted by Crippen LogP contribution is 2.19. The van der Waals surface area contributed by atoms with Crippen LogP contribution in [0.15, 0.2) is 41.5 Å². The van der Waals surface area contributed by atoms with Gasteiger partial charge in [-0.3, -0.25) is 4.79 Å². The fourth-order valence-corrected chi connectivity index (χ4v) is 2.51. The zero-order valence-electron chi connectivity index (χ0n) is 15.1. The number of para-hydroxylation sites is 1. The second kappa shape index (κ2) is 8.67. The first kappa shape index (κ1) is 19.0. The molecule has 0 aliphatic rings. The highest BCUT2D eigenvalue weighted by atomic mass is 16.3. The maximum Gasteiger partial charge on any atom is 0.262 e. The van der Waals surface area contributed by atoms with Crippen LogP contribution in [0.1, 0.15) is 35.6 Å². The van der Waals surface area contributed by atoms with Crippen molar-refractivity contribution >= 4 is 17.8 Å². The molecule has 2 aromatic rings. The third-order valence-corrected chi connectivity index (χ3v) is 3.92. The lowest BCUT2D eigenvalue weighted by atomic mass is 10.1. The zero-order valence-corrected chi connectivity index (χ0v) is 15.1. The summed E-state index contributed by atoms with van der Waals surface area (Å²) in [5, 5.41) is 26.1. The summed E-state index contributed by atoms with van der Waals surface area (Å²) in [6.07, 6.45) is 1.96. The van der Waals surface area contributed by atoms with E-state index in [2.05, 4.69) is 21.9 Å². The molecule has 2 aromatic carbocycles. The number of phenols is 1. The molecule has 1 atom stereocenters. The Bertz CT molecular complexity index is 869. The predicted octanol–water partition coefficient (Wildman–Crippen LogP) is 3.22. The van der Waals surface area contributed by atoms with Gasteiger partial charge in [-0.25, -0.2) is 5.43 Å². The Morgan fingerprint density at radius 3 is 2.81 bits per heavy atom. The van der Waals surface area contributed by atoms with Gasteiger partial charge in [0.2, 0.25) is 0 Å². The molecule has 0 spiro atoms. The molecule has 0 aliphatic carbocycles. The Hall–Kier alpha value is -3.33. The topological polar surface area (TPSA) is 97.5 Å². The van der Waals surface area contributed by atoms with Gasteiger partial charge in [0.1, 0.15) is 11.8 Å². The highest BCUT2D eigenvalue weighted by Gasteiger charge is 2.16. The van der Waals surface area contributed by atoms with E-state index in [0.29, 0.717) is 23.2 Å². The maximum atomic E-state index is 12.3. The standard InChI is InChI=1S/C20H22N4O2/c1-4-18(23-17-9-13(2)8-15(10-17)11-21)20(26)24-22-12-16-7-5-6-14(3)19(16)25/h5-10,12,18,23,25H,4H2,1-3H3,(H,24,26). The number of hydrogen-bond acceptors (Lipinski definition) is 5. The Morgan fingerprint density at radius 1 is 1.35 bits per heavy atom. The summed E-state index contributed by atoms with van der Waals surface area (Å²) in [4.78, 5) is 12.3. The lowest BCUT2D eigenvalue weighted by molar-refractivity contribution is -0.121. The number of hydrazone groups is 1. The number of benzene rings is 2. The lowest BCUT2D eigenvalue weighted by Gasteiger charge is -2.17. The summed E-state index contributed by atoms with van der Waals surface area (Å²) in [5.41, 5.74) is 5.94. The first-order valence-electron chi connectivity index (χ1n) is 8.34. The number of aromatic hydroxyl groups is 1. The number of carbonyl (C=O) groups is 1. The number of phenolic OH excluding ortho intramolecular Hbond substituents is 1. The van der Waals surface area contributed by atoms with E-state index in [1.807, 2.05) is 19.9 Å². The van der Waals surface area contributed by atoms with Crippen LogP contribution in [0, 0.1) is 25.2 Å². The Morgan fingerprint density at radius 2 is 2.12 bits per heavy atom. The van der Waals surface area contributed by atoms with Crippen molar-refractivity contribution < 1.29 is 9.90 Å². The van der Waals surface area contributed by atoms with Gasteiger partial charge in [0.15, 0.2) is 0 Å². The maximum absolute atomic E-state index is 12.3. The van der Waals surface area contributed by atoms with Gasteiger partial charge < -0.3 is 10.4 Å². The highest BCUT2D eigenvalue weighted by molar-refractivity contribution is 5.88. The molecule has 0 saturated heterocycles. The zero-order chi connectivity index (χ0) is 19.1. The van der Waals surface area contributed by atoms with Crippen LogP contribution < -0.4 is 10.7 Å². The van der Waals surface area contributed by atoms with E-state index in [4.69, 9.17) is 5.26 Å². The van der Waals surface area contributed by atoms with Crippen LogP contribution >= 0.6 is 0 Å². The van der Waals surface area contributed by atoms with E-state index in [1.165, 1.54) is 6.21 Å². The van der Waals surface area contributed by atoms with E-state index in [1.54, 1.807) is 37.3 Å². The van der Waals surface area contributed by atoms with Gasteiger partial charge >= 0.3 is 0 Å². The molecule has 134 valence electrons. The molecule has 0 aliphatic heterocycles. The van der Waals surface area contributed by atoms with Gasteiger partial charge in [0, 0.05) is 11.3 Å². The molecule has 1 unspecified atom stereocenters. The van der Waals surface area contributed by atoms with Crippen molar-refractivity contribution in [1.29, 1.82) is 5.26 Å². The average Bonchev–Trinajstić information content (AvgIpc) is 2.62. The van der Waals surface area contributed by atoms with Crippen molar-refractivity contribution in [3.05, 3.63) is 58.7 Å². The van der Waals surface area contributed by atoms with Gasteiger partial charge in [-0.2, -0.15) is 10.4 Å². The largest absolute Gasteiger partial charge is 0.507 e. The molecule has 0 saturated carbocycles. The molecule has 3 N–H and O–H groups in total. The lowest BCUT2D eigenvalue weighted by Crippen LogP contribution is -2.36. The molecule has 6 nitrogen and oxygen atoms in total. The molecule has 26 heavy (non-hydrogen) atoms. The fourth-order valence-electron chi connectivity index (χ4n) is 2.51. The quantitative estimate of drug-likeness (QED) is 0.550. The van der Waals surface area contributed by atoms with Crippen LogP contribution in [-0.4, -0.2) is 23.3 Å². The molecule has 1 amide bonds. The van der Waals surface area contributed by atoms with Gasteiger partial charge in [0.25, 0.3) is 5.91 Å². The fraction of sp³-hybridized carbons (Fsp3) is 0.250. The van der Waals surface area contributed by atoms with Crippen molar-refractivity contribution in [1.82, 2.24) is 5.43 Å². The monoisotopic (exact) mass is 350 g/mol. The predicted molar refractivity (Wildman–Crippen MR) is 102 cm³/mol. The third-order valence-electron chi connectivity index (χ3n) is 3.92. The van der Waals surface area contributed by atoms with E-state index in [9.17, 15) is 9.90 Å². The smallest absolute Gasteiger partial charge is 0.262 e. The minimum absolute atomic E-state index is 0.138. The third kappa shape index (κ3) is 4.84. The Labute approximate surface area is 153 Å². The van der Waals surface area contributed by atoms with Gasteiger partial charge in [-0.1, -0.05) is 19.1 Å². The van der Waals surface area contributed by atoms with E-state index in [-0.39, 0.29) is 11.7 Å². The summed E-state index contributed by atoms with van der Waals surface area (Å²) in [5.74, 6) is -0.157. The van der Waals surface area contributed by atoms with Crippen molar-refractivity contribution in [3.63, 3.8) is 0 Å². The van der Waals surface area contributed by atoms with E-state index < -0.39 is 6.04 Å². The van der Waals surface area contributed by atoms with E-state index in [0.717, 1.165) is 11.1 Å². The van der Waals surface area contributed by atoms with Gasteiger partial charge in [-0.15, -0.1) is 0 Å². The number of carbonyl (C=O) groups excluding carboxylic acids is 1. The minimum Gasteiger partial charge on any atom is -0.507 e. The van der Waals surface area contributed by atoms with Crippen LogP contribution in [0.2, 0.25) is 0 Å². The summed E-state index contributed by atoms with van der Waals surface area (Å²) in [6.45, 7) is 5.57. The van der Waals surface area contributed by atoms with Crippen LogP contribution in [0.3, 0.4) is 0 Å². The number of nitrogens with one attached hydrogen (secondary N) is 2. The summed E-state index contributed by atoms with van der Waals surface area (Å²) >= 11 is 0. The van der Waals surface area contributed by atoms with Crippen LogP contribution in [-0.2, 0) is 4.79 Å². The van der Waals surface area contributed by atoms with Gasteiger partial charge in [-0.05, 0) is 55.7 Å². The Balaban J connectivity index is 2.05. The molecular formula is C20H22N4O2. The molecule has 6 heteroatoms. The number of nitriles is 1. The minimum atomic E-state index is -0.494. The first-order chi connectivity index (χ1) is 12.4. The van der Waals surface area contributed by atoms with Crippen LogP contribution in [0.5, 0.6) is 5.75 Å². The van der Waals surface area contributed by atoms with Crippen molar-refractivity contribution in [2.75, 3.05) is 5.32 Å². The number of nitrogens with zero attached hydrogens (tertiary/aromatic N) is 2. The number of amides is 1. The molecule has 0 aromatic heterocycles.